The zero-order valence-corrected chi connectivity index (χ0v) is 27.0. The number of hydrogen-bond donors (Lipinski definition) is 3. The molecule has 264 valence electrons. The number of anilines is 1. The lowest BCUT2D eigenvalue weighted by Gasteiger charge is -2.15. The number of alkyl halides is 3. The molecule has 1 heterocycles. The number of carbonyl (C=O) groups excluding carboxylic acids is 1. The Morgan fingerprint density at radius 2 is 1.53 bits per heavy atom. The molecule has 49 heavy (non-hydrogen) atoms. The highest BCUT2D eigenvalue weighted by Gasteiger charge is 2.32. The molecule has 0 saturated heterocycles. The number of pyridine rings is 1. The highest BCUT2D eigenvalue weighted by molar-refractivity contribution is 5.99. The second-order valence-electron chi connectivity index (χ2n) is 10.5. The first-order valence-corrected chi connectivity index (χ1v) is 14.6. The maximum Gasteiger partial charge on any atom is 0.417 e. The van der Waals surface area contributed by atoms with E-state index in [-0.39, 0.29) is 37.5 Å². The fourth-order valence-corrected chi connectivity index (χ4v) is 4.03. The number of nitrogens with one attached hydrogen (secondary N) is 2. The Morgan fingerprint density at radius 1 is 0.939 bits per heavy atom. The number of aromatic nitrogens is 1. The van der Waals surface area contributed by atoms with Crippen molar-refractivity contribution in [2.45, 2.75) is 60.8 Å². The third kappa shape index (κ3) is 12.8. The number of benzene rings is 2. The minimum atomic E-state index is -4.72. The minimum Gasteiger partial charge on any atom is -0.399 e. The predicted octanol–water partition coefficient (Wildman–Crippen LogP) is 10.5. The van der Waals surface area contributed by atoms with Gasteiger partial charge in [-0.1, -0.05) is 69.5 Å². The molecule has 3 rings (SSSR count). The van der Waals surface area contributed by atoms with Crippen molar-refractivity contribution in [3.63, 3.8) is 0 Å². The zero-order valence-electron chi connectivity index (χ0n) is 27.0. The SMILES string of the molecule is C.C=C(F)C(=C)F.C\C=C(/C=C(C)\C(N)=C(/C)CC)c1ccc(CNc2ncc(C(F)(F)F)cc2C(=O)NCc2ccc(F)c(F)c2)cc1. The van der Waals surface area contributed by atoms with Gasteiger partial charge in [-0.3, -0.25) is 4.79 Å². The van der Waals surface area contributed by atoms with Gasteiger partial charge in [0, 0.05) is 25.0 Å². The first-order chi connectivity index (χ1) is 22.5. The Balaban J connectivity index is 0.00000157. The molecule has 0 aliphatic heterocycles. The number of amides is 1. The standard InChI is InChI=1S/C32H33F5N4O.C4H4F2.CH4/c1-5-19(3)29(38)20(4)13-23(6-2)24-10-7-21(8-11-24)16-39-30-26(15-25(18-40-30)32(35,36)37)31(42)41-17-22-9-12-27(33)28(34)14-22;1-3(5)4(2)6;/h6-15,18H,5,16-17,38H2,1-4H3,(H,39,40)(H,41,42);1-2H2;1H4/b20-13-,23-6+,29-19-;;. The molecule has 0 aliphatic rings. The van der Waals surface area contributed by atoms with Gasteiger partial charge in [-0.15, -0.1) is 0 Å². The molecular weight excluding hydrogens is 649 g/mol. The summed E-state index contributed by atoms with van der Waals surface area (Å²) in [5.74, 6) is -5.27. The monoisotopic (exact) mass is 690 g/mol. The van der Waals surface area contributed by atoms with E-state index in [1.165, 1.54) is 6.07 Å². The van der Waals surface area contributed by atoms with Gasteiger partial charge in [0.1, 0.15) is 5.82 Å². The summed E-state index contributed by atoms with van der Waals surface area (Å²) >= 11 is 0. The number of halogens is 7. The molecule has 2 aromatic carbocycles. The highest BCUT2D eigenvalue weighted by Crippen LogP contribution is 2.31. The number of rotatable bonds is 11. The van der Waals surface area contributed by atoms with E-state index in [9.17, 15) is 35.5 Å². The summed E-state index contributed by atoms with van der Waals surface area (Å²) in [6.07, 6.45) is 0.769. The Hall–Kier alpha value is -5.13. The van der Waals surface area contributed by atoms with Crippen LogP contribution >= 0.6 is 0 Å². The molecule has 0 atom stereocenters. The number of allylic oxidation sites excluding steroid dienone is 7. The molecule has 0 unspecified atom stereocenters. The van der Waals surface area contributed by atoms with Crippen molar-refractivity contribution in [3.05, 3.63) is 148 Å². The van der Waals surface area contributed by atoms with E-state index in [4.69, 9.17) is 5.73 Å². The average Bonchev–Trinajstić information content (AvgIpc) is 3.05. The van der Waals surface area contributed by atoms with Crippen LogP contribution in [-0.2, 0) is 19.3 Å². The van der Waals surface area contributed by atoms with Gasteiger partial charge in [0.2, 0.25) is 0 Å². The van der Waals surface area contributed by atoms with Crippen LogP contribution in [0.25, 0.3) is 5.57 Å². The number of carbonyl (C=O) groups is 1. The van der Waals surface area contributed by atoms with Crippen LogP contribution in [0.15, 0.2) is 109 Å². The smallest absolute Gasteiger partial charge is 0.399 e. The third-order valence-electron chi connectivity index (χ3n) is 7.04. The van der Waals surface area contributed by atoms with Crippen molar-refractivity contribution < 1.29 is 35.5 Å². The molecule has 1 amide bonds. The van der Waals surface area contributed by atoms with Gasteiger partial charge in [-0.25, -0.2) is 22.5 Å². The number of nitrogens with zero attached hydrogens (tertiary/aromatic N) is 1. The summed E-state index contributed by atoms with van der Waals surface area (Å²) in [7, 11) is 0. The average molecular weight is 691 g/mol. The van der Waals surface area contributed by atoms with Gasteiger partial charge in [0.25, 0.3) is 5.91 Å². The topological polar surface area (TPSA) is 80.0 Å². The van der Waals surface area contributed by atoms with E-state index in [1.54, 1.807) is 0 Å². The van der Waals surface area contributed by atoms with Crippen molar-refractivity contribution in [3.8, 4) is 0 Å². The van der Waals surface area contributed by atoms with Crippen molar-refractivity contribution in [1.29, 1.82) is 0 Å². The van der Waals surface area contributed by atoms with Crippen LogP contribution in [0.2, 0.25) is 0 Å². The quantitative estimate of drug-likeness (QED) is 0.138. The van der Waals surface area contributed by atoms with Crippen molar-refractivity contribution >= 4 is 17.3 Å². The first-order valence-electron chi connectivity index (χ1n) is 14.6. The molecule has 5 nitrogen and oxygen atoms in total. The van der Waals surface area contributed by atoms with Gasteiger partial charge in [0.15, 0.2) is 23.3 Å². The summed E-state index contributed by atoms with van der Waals surface area (Å²) in [6.45, 7) is 13.1. The Labute approximate surface area is 282 Å². The van der Waals surface area contributed by atoms with E-state index in [0.29, 0.717) is 12.3 Å². The molecule has 0 spiro atoms. The molecular formula is C37H41F7N4O. The molecule has 12 heteroatoms. The largest absolute Gasteiger partial charge is 0.417 e. The molecule has 4 N–H and O–H groups in total. The van der Waals surface area contributed by atoms with E-state index >= 15 is 0 Å². The lowest BCUT2D eigenvalue weighted by atomic mass is 9.99. The fourth-order valence-electron chi connectivity index (χ4n) is 4.03. The van der Waals surface area contributed by atoms with Crippen LogP contribution in [0.4, 0.5) is 36.6 Å². The Kier molecular flexibility index (Phi) is 16.3. The van der Waals surface area contributed by atoms with Gasteiger partial charge in [-0.2, -0.15) is 13.2 Å². The maximum absolute atomic E-state index is 13.5. The second kappa shape index (κ2) is 19.0. The van der Waals surface area contributed by atoms with Crippen LogP contribution in [0.1, 0.15) is 74.2 Å². The van der Waals surface area contributed by atoms with Crippen LogP contribution in [0.3, 0.4) is 0 Å². The molecule has 0 aliphatic carbocycles. The zero-order chi connectivity index (χ0) is 36.2. The number of nitrogens with two attached hydrogens (primary N) is 1. The highest BCUT2D eigenvalue weighted by atomic mass is 19.4. The normalized spacial score (nSPS) is 12.1. The second-order valence-corrected chi connectivity index (χ2v) is 10.5. The van der Waals surface area contributed by atoms with Gasteiger partial charge in [-0.05, 0) is 79.3 Å². The first kappa shape index (κ1) is 41.9. The van der Waals surface area contributed by atoms with Gasteiger partial charge >= 0.3 is 6.18 Å². The van der Waals surface area contributed by atoms with Gasteiger partial charge in [0.05, 0.1) is 11.1 Å². The van der Waals surface area contributed by atoms with E-state index < -0.39 is 40.9 Å². The molecule has 0 bridgehead atoms. The maximum atomic E-state index is 13.5. The van der Waals surface area contributed by atoms with Crippen LogP contribution < -0.4 is 16.4 Å². The summed E-state index contributed by atoms with van der Waals surface area (Å²) in [5.41, 5.74) is 10.6. The van der Waals surface area contributed by atoms with E-state index in [2.05, 4.69) is 28.8 Å². The number of hydrogen-bond acceptors (Lipinski definition) is 4. The third-order valence-corrected chi connectivity index (χ3v) is 7.04. The lowest BCUT2D eigenvalue weighted by molar-refractivity contribution is -0.137. The summed E-state index contributed by atoms with van der Waals surface area (Å²) in [6, 6.07) is 11.3. The lowest BCUT2D eigenvalue weighted by Crippen LogP contribution is -2.25. The molecule has 3 aromatic rings. The van der Waals surface area contributed by atoms with Crippen LogP contribution in [0.5, 0.6) is 0 Å². The van der Waals surface area contributed by atoms with Crippen LogP contribution in [0, 0.1) is 11.6 Å². The summed E-state index contributed by atoms with van der Waals surface area (Å²) < 4.78 is 89.1. The summed E-state index contributed by atoms with van der Waals surface area (Å²) in [5, 5.41) is 5.37. The molecule has 0 radical (unpaired) electrons. The van der Waals surface area contributed by atoms with E-state index in [0.717, 1.165) is 52.1 Å². The van der Waals surface area contributed by atoms with Crippen LogP contribution in [-0.4, -0.2) is 10.9 Å². The van der Waals surface area contributed by atoms with Gasteiger partial charge < -0.3 is 16.4 Å². The molecule has 1 aromatic heterocycles. The Morgan fingerprint density at radius 3 is 2.04 bits per heavy atom. The minimum absolute atomic E-state index is 0. The van der Waals surface area contributed by atoms with Crippen molar-refractivity contribution in [2.24, 2.45) is 5.73 Å². The fraction of sp³-hybridized carbons (Fsp3) is 0.243. The summed E-state index contributed by atoms with van der Waals surface area (Å²) in [4.78, 5) is 16.7. The van der Waals surface area contributed by atoms with Crippen molar-refractivity contribution in [1.82, 2.24) is 10.3 Å². The molecule has 0 fully saturated rings. The Bertz CT molecular complexity index is 1710. The van der Waals surface area contributed by atoms with Crippen molar-refractivity contribution in [2.75, 3.05) is 5.32 Å². The molecule has 0 saturated carbocycles. The van der Waals surface area contributed by atoms with E-state index in [1.807, 2.05) is 64.1 Å². The predicted molar refractivity (Wildman–Crippen MR) is 182 cm³/mol.